The average molecular weight is 525 g/mol. The fourth-order valence-electron chi connectivity index (χ4n) is 7.38. The first-order valence-corrected chi connectivity index (χ1v) is 15.1. The first-order chi connectivity index (χ1) is 17.6. The molecule has 0 radical (unpaired) electrons. The molecule has 1 aromatic rings. The van der Waals surface area contributed by atoms with Crippen molar-refractivity contribution in [1.29, 1.82) is 0 Å². The van der Waals surface area contributed by atoms with Crippen molar-refractivity contribution in [2.45, 2.75) is 95.3 Å². The standard InChI is InChI=1S/C33H48O3S/c1-22(21-37-27-12-8-11-26(20-27)32(3,4)34)28-15-16-29-25(10-9-17-33(28,29)5)14-13-24-18-30(35-6)23(2)31(19-24)36-7/h8,11-14,20,22,28-31,34H,2,9-10,15-19,21H2,1,3-7H3. The predicted octanol–water partition coefficient (Wildman–Crippen LogP) is 8.09. The molecule has 0 aliphatic heterocycles. The lowest BCUT2D eigenvalue weighted by Gasteiger charge is -2.44. The van der Waals surface area contributed by atoms with Gasteiger partial charge in [0.2, 0.25) is 0 Å². The number of ether oxygens (including phenoxy) is 2. The number of fused-ring (bicyclic) bond motifs is 1. The molecule has 1 N–H and O–H groups in total. The zero-order valence-corrected chi connectivity index (χ0v) is 24.7. The Morgan fingerprint density at radius 3 is 2.51 bits per heavy atom. The summed E-state index contributed by atoms with van der Waals surface area (Å²) >= 11 is 1.95. The molecule has 4 rings (SSSR count). The van der Waals surface area contributed by atoms with Crippen LogP contribution in [0, 0.1) is 23.2 Å². The van der Waals surface area contributed by atoms with Gasteiger partial charge in [0.15, 0.2) is 0 Å². The van der Waals surface area contributed by atoms with E-state index in [-0.39, 0.29) is 12.2 Å². The van der Waals surface area contributed by atoms with E-state index in [4.69, 9.17) is 9.47 Å². The van der Waals surface area contributed by atoms with Crippen molar-refractivity contribution in [3.63, 3.8) is 0 Å². The highest BCUT2D eigenvalue weighted by Gasteiger charge is 2.50. The van der Waals surface area contributed by atoms with Crippen molar-refractivity contribution in [2.75, 3.05) is 20.0 Å². The highest BCUT2D eigenvalue weighted by Crippen LogP contribution is 2.59. The van der Waals surface area contributed by atoms with Crippen LogP contribution in [0.4, 0.5) is 0 Å². The number of thioether (sulfide) groups is 1. The Bertz CT molecular complexity index is 1000. The smallest absolute Gasteiger partial charge is 0.0840 e. The van der Waals surface area contributed by atoms with E-state index in [0.29, 0.717) is 17.3 Å². The van der Waals surface area contributed by atoms with Crippen LogP contribution in [0.2, 0.25) is 0 Å². The lowest BCUT2D eigenvalue weighted by atomic mass is 9.61. The van der Waals surface area contributed by atoms with E-state index in [9.17, 15) is 5.11 Å². The third-order valence-corrected chi connectivity index (χ3v) is 10.9. The molecule has 0 heterocycles. The minimum atomic E-state index is -0.797. The summed E-state index contributed by atoms with van der Waals surface area (Å²) in [5.74, 6) is 3.25. The molecule has 0 spiro atoms. The molecule has 6 unspecified atom stereocenters. The summed E-state index contributed by atoms with van der Waals surface area (Å²) in [7, 11) is 3.55. The highest BCUT2D eigenvalue weighted by atomic mass is 32.2. The van der Waals surface area contributed by atoms with Crippen molar-refractivity contribution in [3.8, 4) is 0 Å². The van der Waals surface area contributed by atoms with Crippen LogP contribution in [0.5, 0.6) is 0 Å². The van der Waals surface area contributed by atoms with Gasteiger partial charge in [-0.05, 0) is 105 Å². The molecule has 37 heavy (non-hydrogen) atoms. The van der Waals surface area contributed by atoms with Gasteiger partial charge in [-0.15, -0.1) is 11.8 Å². The molecule has 3 saturated carbocycles. The van der Waals surface area contributed by atoms with Gasteiger partial charge in [-0.3, -0.25) is 0 Å². The molecule has 3 nitrogen and oxygen atoms in total. The van der Waals surface area contributed by atoms with Crippen molar-refractivity contribution in [1.82, 2.24) is 0 Å². The van der Waals surface area contributed by atoms with Crippen molar-refractivity contribution >= 4 is 11.8 Å². The molecule has 4 heteroatoms. The van der Waals surface area contributed by atoms with Gasteiger partial charge < -0.3 is 14.6 Å². The molecule has 3 aliphatic carbocycles. The molecule has 0 bridgehead atoms. The van der Waals surface area contributed by atoms with E-state index < -0.39 is 5.60 Å². The zero-order chi connectivity index (χ0) is 26.8. The van der Waals surface area contributed by atoms with Crippen LogP contribution < -0.4 is 0 Å². The largest absolute Gasteiger partial charge is 0.386 e. The maximum Gasteiger partial charge on any atom is 0.0840 e. The van der Waals surface area contributed by atoms with Crippen LogP contribution in [0.3, 0.4) is 0 Å². The first-order valence-electron chi connectivity index (χ1n) is 14.1. The molecule has 1 aromatic carbocycles. The molecule has 0 amide bonds. The second-order valence-electron chi connectivity index (χ2n) is 12.5. The second kappa shape index (κ2) is 11.8. The normalized spacial score (nSPS) is 32.5. The molecular weight excluding hydrogens is 476 g/mol. The van der Waals surface area contributed by atoms with Gasteiger partial charge in [-0.25, -0.2) is 0 Å². The minimum absolute atomic E-state index is 0.0540. The Labute approximate surface area is 229 Å². The van der Waals surface area contributed by atoms with Crippen LogP contribution in [-0.4, -0.2) is 37.3 Å². The molecule has 204 valence electrons. The minimum Gasteiger partial charge on any atom is -0.386 e. The zero-order valence-electron chi connectivity index (χ0n) is 23.9. The van der Waals surface area contributed by atoms with Crippen molar-refractivity contribution in [3.05, 3.63) is 65.3 Å². The van der Waals surface area contributed by atoms with Gasteiger partial charge in [0.05, 0.1) is 17.8 Å². The molecule has 0 aromatic heterocycles. The highest BCUT2D eigenvalue weighted by molar-refractivity contribution is 7.99. The number of rotatable bonds is 8. The maximum atomic E-state index is 10.4. The summed E-state index contributed by atoms with van der Waals surface area (Å²) < 4.78 is 11.4. The number of hydrogen-bond acceptors (Lipinski definition) is 4. The Kier molecular flexibility index (Phi) is 9.16. The number of methoxy groups -OCH3 is 2. The van der Waals surface area contributed by atoms with Gasteiger partial charge in [0, 0.05) is 24.9 Å². The van der Waals surface area contributed by atoms with E-state index in [1.807, 2.05) is 31.7 Å². The summed E-state index contributed by atoms with van der Waals surface area (Å²) in [6.07, 6.45) is 13.3. The lowest BCUT2D eigenvalue weighted by Crippen LogP contribution is -2.36. The quantitative estimate of drug-likeness (QED) is 0.275. The van der Waals surface area contributed by atoms with E-state index in [1.54, 1.807) is 19.8 Å². The monoisotopic (exact) mass is 524 g/mol. The molecule has 3 aliphatic rings. The summed E-state index contributed by atoms with van der Waals surface area (Å²) in [5, 5.41) is 10.4. The van der Waals surface area contributed by atoms with Crippen LogP contribution in [0.15, 0.2) is 64.6 Å². The van der Waals surface area contributed by atoms with Crippen molar-refractivity contribution in [2.24, 2.45) is 23.2 Å². The van der Waals surface area contributed by atoms with E-state index >= 15 is 0 Å². The van der Waals surface area contributed by atoms with Gasteiger partial charge in [0.25, 0.3) is 0 Å². The van der Waals surface area contributed by atoms with Gasteiger partial charge in [0.1, 0.15) is 0 Å². The summed E-state index contributed by atoms with van der Waals surface area (Å²) in [4.78, 5) is 1.26. The van der Waals surface area contributed by atoms with Gasteiger partial charge >= 0.3 is 0 Å². The van der Waals surface area contributed by atoms with E-state index in [1.165, 1.54) is 42.6 Å². The second-order valence-corrected chi connectivity index (χ2v) is 13.6. The van der Waals surface area contributed by atoms with Crippen LogP contribution in [-0.2, 0) is 15.1 Å². The Hall–Kier alpha value is -1.33. The number of hydrogen-bond donors (Lipinski definition) is 1. The summed E-state index contributed by atoms with van der Waals surface area (Å²) in [6.45, 7) is 13.0. The Balaban J connectivity index is 1.44. The Morgan fingerprint density at radius 1 is 1.16 bits per heavy atom. The average Bonchev–Trinajstić information content (AvgIpc) is 3.23. The molecular formula is C33H48O3S. The third kappa shape index (κ3) is 6.30. The molecule has 0 saturated heterocycles. The topological polar surface area (TPSA) is 38.7 Å². The predicted molar refractivity (Wildman–Crippen MR) is 156 cm³/mol. The molecule has 3 fully saturated rings. The lowest BCUT2D eigenvalue weighted by molar-refractivity contribution is 0.0590. The van der Waals surface area contributed by atoms with E-state index in [2.05, 4.69) is 50.8 Å². The number of allylic oxidation sites excluding steroid dienone is 3. The first kappa shape index (κ1) is 28.7. The summed E-state index contributed by atoms with van der Waals surface area (Å²) in [6, 6.07) is 8.44. The van der Waals surface area contributed by atoms with Crippen LogP contribution in [0.25, 0.3) is 0 Å². The third-order valence-electron chi connectivity index (χ3n) is 9.60. The SMILES string of the molecule is C=C1C(OC)CC(=CC=C2CCCC3(C)C2CCC3C(C)CSc2cccc(C(C)(C)O)c2)CC1OC. The number of benzene rings is 1. The number of aliphatic hydroxyl groups is 1. The Morgan fingerprint density at radius 2 is 1.86 bits per heavy atom. The molecule has 6 atom stereocenters. The maximum absolute atomic E-state index is 10.4. The summed E-state index contributed by atoms with van der Waals surface area (Å²) in [5.41, 5.74) is 4.73. The fraction of sp³-hybridized carbons (Fsp3) is 0.636. The van der Waals surface area contributed by atoms with E-state index in [0.717, 1.165) is 35.6 Å². The van der Waals surface area contributed by atoms with Crippen LogP contribution in [0.1, 0.15) is 78.2 Å². The van der Waals surface area contributed by atoms with Crippen molar-refractivity contribution < 1.29 is 14.6 Å². The fourth-order valence-corrected chi connectivity index (χ4v) is 8.46. The van der Waals surface area contributed by atoms with Crippen LogP contribution >= 0.6 is 11.8 Å². The van der Waals surface area contributed by atoms with Gasteiger partial charge in [-0.2, -0.15) is 0 Å². The van der Waals surface area contributed by atoms with Gasteiger partial charge in [-0.1, -0.05) is 55.9 Å².